The number of hydrogen-bond acceptors (Lipinski definition) is 7. The van der Waals surface area contributed by atoms with Gasteiger partial charge in [0.15, 0.2) is 17.4 Å². The molecule has 1 aromatic heterocycles. The van der Waals surface area contributed by atoms with Gasteiger partial charge in [-0.3, -0.25) is 4.79 Å². The van der Waals surface area contributed by atoms with Crippen LogP contribution in [-0.4, -0.2) is 55.3 Å². The Balaban J connectivity index is 1.41. The quantitative estimate of drug-likeness (QED) is 0.804. The van der Waals surface area contributed by atoms with Gasteiger partial charge < -0.3 is 24.6 Å². The zero-order chi connectivity index (χ0) is 21.6. The van der Waals surface area contributed by atoms with Crippen molar-refractivity contribution < 1.29 is 18.7 Å². The second-order valence-electron chi connectivity index (χ2n) is 7.84. The van der Waals surface area contributed by atoms with E-state index in [2.05, 4.69) is 15.3 Å². The first kappa shape index (κ1) is 20.2. The molecule has 0 saturated heterocycles. The largest absolute Gasteiger partial charge is 0.497 e. The number of amides is 1. The number of carbonyl (C=O) groups is 1. The van der Waals surface area contributed by atoms with Gasteiger partial charge >= 0.3 is 0 Å². The molecular weight excluding hydrogens is 389 g/mol. The Bertz CT molecular complexity index is 979. The van der Waals surface area contributed by atoms with Gasteiger partial charge in [-0.15, -0.1) is 0 Å². The number of anilines is 3. The van der Waals surface area contributed by atoms with Crippen LogP contribution in [0.3, 0.4) is 0 Å². The summed E-state index contributed by atoms with van der Waals surface area (Å²) in [5.41, 5.74) is 1.47. The molecule has 1 fully saturated rings. The zero-order valence-electron chi connectivity index (χ0n) is 17.8. The average molecular weight is 415 g/mol. The molecule has 9 heteroatoms. The lowest BCUT2D eigenvalue weighted by molar-refractivity contribution is -0.119. The molecular formula is C21H26FN5O3. The van der Waals surface area contributed by atoms with Gasteiger partial charge in [-0.2, -0.15) is 4.98 Å². The van der Waals surface area contributed by atoms with Crippen molar-refractivity contribution in [2.45, 2.75) is 44.9 Å². The lowest BCUT2D eigenvalue weighted by Crippen LogP contribution is -2.50. The van der Waals surface area contributed by atoms with Crippen molar-refractivity contribution in [2.24, 2.45) is 0 Å². The predicted molar refractivity (Wildman–Crippen MR) is 112 cm³/mol. The number of carbonyl (C=O) groups excluding carboxylic acids is 1. The van der Waals surface area contributed by atoms with E-state index in [-0.39, 0.29) is 29.8 Å². The number of aromatic nitrogens is 2. The Kier molecular flexibility index (Phi) is 5.13. The summed E-state index contributed by atoms with van der Waals surface area (Å²) in [5, 5.41) is 3.33. The molecule has 1 aromatic carbocycles. The molecule has 1 N–H and O–H groups in total. The number of methoxy groups -OCH3 is 1. The van der Waals surface area contributed by atoms with E-state index in [4.69, 9.17) is 9.47 Å². The molecule has 1 amide bonds. The summed E-state index contributed by atoms with van der Waals surface area (Å²) < 4.78 is 24.8. The lowest BCUT2D eigenvalue weighted by atomic mass is 9.89. The molecule has 30 heavy (non-hydrogen) atoms. The number of hydrogen-bond donors (Lipinski definition) is 1. The molecule has 0 bridgehead atoms. The van der Waals surface area contributed by atoms with Crippen molar-refractivity contribution in [2.75, 3.05) is 36.3 Å². The number of fused-ring (bicyclic) bond motifs is 1. The summed E-state index contributed by atoms with van der Waals surface area (Å²) >= 11 is 0. The van der Waals surface area contributed by atoms with Crippen LogP contribution in [0.15, 0.2) is 18.2 Å². The van der Waals surface area contributed by atoms with Gasteiger partial charge in [0.05, 0.1) is 12.8 Å². The Morgan fingerprint density at radius 1 is 1.23 bits per heavy atom. The topological polar surface area (TPSA) is 79.8 Å². The summed E-state index contributed by atoms with van der Waals surface area (Å²) in [6.45, 7) is 3.73. The minimum Gasteiger partial charge on any atom is -0.497 e. The minimum atomic E-state index is -0.435. The smallest absolute Gasteiger partial charge is 0.249 e. The lowest BCUT2D eigenvalue weighted by Gasteiger charge is -2.38. The number of benzene rings is 1. The summed E-state index contributed by atoms with van der Waals surface area (Å²) in [6, 6.07) is 4.42. The van der Waals surface area contributed by atoms with E-state index < -0.39 is 5.82 Å². The second-order valence-corrected chi connectivity index (χ2v) is 7.84. The molecule has 1 aliphatic heterocycles. The summed E-state index contributed by atoms with van der Waals surface area (Å²) in [4.78, 5) is 25.1. The molecule has 0 radical (unpaired) electrons. The summed E-state index contributed by atoms with van der Waals surface area (Å²) in [7, 11) is 5.11. The van der Waals surface area contributed by atoms with Gasteiger partial charge in [0.25, 0.3) is 0 Å². The second kappa shape index (κ2) is 7.62. The van der Waals surface area contributed by atoms with Gasteiger partial charge in [0, 0.05) is 39.0 Å². The molecule has 4 rings (SSSR count). The van der Waals surface area contributed by atoms with Gasteiger partial charge in [0.1, 0.15) is 23.6 Å². The highest BCUT2D eigenvalue weighted by Gasteiger charge is 2.36. The maximum Gasteiger partial charge on any atom is 0.249 e. The van der Waals surface area contributed by atoms with Crippen LogP contribution in [0.2, 0.25) is 0 Å². The standard InChI is InChI=1S/C21H26FN5O3/c1-11-18-19(26(3)12(2)20(28)27(18)4)25-21(23-11)24-13-8-15(9-13)30-17-7-6-14(29-5)10-16(17)22/h6-7,10,12-13,15H,8-9H2,1-5H3,(H,23,24,25)/t12-,13-,15-/m0/s1. The number of rotatable bonds is 5. The SMILES string of the molecule is COc1ccc(O[C@H]2C[C@H](Nc3nc(C)c4c(n3)N(C)[C@@H](C)C(=O)N4C)C2)c(F)c1. The molecule has 2 aliphatic rings. The molecule has 8 nitrogen and oxygen atoms in total. The number of ether oxygens (including phenoxy) is 2. The minimum absolute atomic E-state index is 0.0159. The van der Waals surface area contributed by atoms with Crippen LogP contribution < -0.4 is 24.6 Å². The highest BCUT2D eigenvalue weighted by molar-refractivity contribution is 6.04. The zero-order valence-corrected chi connectivity index (χ0v) is 17.8. The molecule has 160 valence electrons. The fraction of sp³-hybridized carbons (Fsp3) is 0.476. The monoisotopic (exact) mass is 415 g/mol. The number of halogens is 1. The van der Waals surface area contributed by atoms with E-state index in [0.717, 1.165) is 30.0 Å². The first-order chi connectivity index (χ1) is 14.3. The summed E-state index contributed by atoms with van der Waals surface area (Å²) in [6.07, 6.45) is 1.36. The van der Waals surface area contributed by atoms with Crippen LogP contribution in [0.25, 0.3) is 0 Å². The fourth-order valence-corrected chi connectivity index (χ4v) is 3.84. The number of likely N-dealkylation sites (N-methyl/N-ethyl adjacent to an activating group) is 2. The van der Waals surface area contributed by atoms with Crippen LogP contribution in [0, 0.1) is 12.7 Å². The first-order valence-corrected chi connectivity index (χ1v) is 9.94. The Morgan fingerprint density at radius 3 is 2.63 bits per heavy atom. The van der Waals surface area contributed by atoms with Gasteiger partial charge in [0.2, 0.25) is 11.9 Å². The van der Waals surface area contributed by atoms with Crippen molar-refractivity contribution in [1.82, 2.24) is 9.97 Å². The third-order valence-electron chi connectivity index (χ3n) is 5.84. The summed E-state index contributed by atoms with van der Waals surface area (Å²) in [5.74, 6) is 1.51. The molecule has 0 spiro atoms. The maximum atomic E-state index is 14.1. The van der Waals surface area contributed by atoms with Crippen LogP contribution in [-0.2, 0) is 4.79 Å². The number of aryl methyl sites for hydroxylation is 1. The molecule has 1 atom stereocenters. The fourth-order valence-electron chi connectivity index (χ4n) is 3.84. The third-order valence-corrected chi connectivity index (χ3v) is 5.84. The molecule has 1 saturated carbocycles. The van der Waals surface area contributed by atoms with E-state index in [0.29, 0.717) is 11.7 Å². The Hall–Kier alpha value is -3.10. The van der Waals surface area contributed by atoms with E-state index in [1.165, 1.54) is 13.2 Å². The Morgan fingerprint density at radius 2 is 1.97 bits per heavy atom. The molecule has 0 unspecified atom stereocenters. The van der Waals surface area contributed by atoms with E-state index in [9.17, 15) is 9.18 Å². The number of nitrogens with zero attached hydrogens (tertiary/aromatic N) is 4. The first-order valence-electron chi connectivity index (χ1n) is 9.94. The van der Waals surface area contributed by atoms with Crippen molar-refractivity contribution in [3.63, 3.8) is 0 Å². The third kappa shape index (κ3) is 3.48. The predicted octanol–water partition coefficient (Wildman–Crippen LogP) is 2.76. The van der Waals surface area contributed by atoms with Crippen LogP contribution in [0.5, 0.6) is 11.5 Å². The van der Waals surface area contributed by atoms with Crippen LogP contribution in [0.4, 0.5) is 21.8 Å². The maximum absolute atomic E-state index is 14.1. The molecule has 2 aromatic rings. The Labute approximate surface area is 175 Å². The number of nitrogens with one attached hydrogen (secondary N) is 1. The highest BCUT2D eigenvalue weighted by Crippen LogP contribution is 2.36. The highest BCUT2D eigenvalue weighted by atomic mass is 19.1. The van der Waals surface area contributed by atoms with Crippen LogP contribution in [0.1, 0.15) is 25.5 Å². The van der Waals surface area contributed by atoms with Gasteiger partial charge in [-0.1, -0.05) is 0 Å². The van der Waals surface area contributed by atoms with Gasteiger partial charge in [-0.05, 0) is 26.0 Å². The van der Waals surface area contributed by atoms with E-state index >= 15 is 0 Å². The van der Waals surface area contributed by atoms with Crippen molar-refractivity contribution in [3.05, 3.63) is 29.7 Å². The van der Waals surface area contributed by atoms with Crippen LogP contribution >= 0.6 is 0 Å². The van der Waals surface area contributed by atoms with E-state index in [1.54, 1.807) is 24.1 Å². The van der Waals surface area contributed by atoms with E-state index in [1.807, 2.05) is 25.8 Å². The van der Waals surface area contributed by atoms with Gasteiger partial charge in [-0.25, -0.2) is 9.37 Å². The van der Waals surface area contributed by atoms with Crippen molar-refractivity contribution in [1.29, 1.82) is 0 Å². The molecule has 1 aliphatic carbocycles. The molecule has 2 heterocycles. The average Bonchev–Trinajstić information content (AvgIpc) is 2.69. The normalized spacial score (nSPS) is 23.0. The van der Waals surface area contributed by atoms with Crippen molar-refractivity contribution in [3.8, 4) is 11.5 Å². The van der Waals surface area contributed by atoms with Crippen molar-refractivity contribution >= 4 is 23.4 Å².